The number of carboxylic acids is 1. The minimum absolute atomic E-state index is 0.0841. The normalized spacial score (nSPS) is 15.7. The minimum atomic E-state index is -0.819. The molecule has 0 spiro atoms. The van der Waals surface area contributed by atoms with Crippen molar-refractivity contribution in [1.29, 1.82) is 0 Å². The predicted molar refractivity (Wildman–Crippen MR) is 89.8 cm³/mol. The molecule has 21 heavy (non-hydrogen) atoms. The van der Waals surface area contributed by atoms with Gasteiger partial charge in [0.1, 0.15) is 6.04 Å². The van der Waals surface area contributed by atoms with Crippen LogP contribution in [0.15, 0.2) is 30.3 Å². The van der Waals surface area contributed by atoms with Gasteiger partial charge in [-0.3, -0.25) is 4.79 Å². The Morgan fingerprint density at radius 3 is 2.48 bits per heavy atom. The van der Waals surface area contributed by atoms with Gasteiger partial charge in [-0.05, 0) is 24.3 Å². The SMILES string of the molecule is CC(C)C[C@H](NCC(S)[C@@H](N)Cc1ccccc1)C(=O)O. The number of benzene rings is 1. The van der Waals surface area contributed by atoms with Crippen molar-refractivity contribution in [2.45, 2.75) is 44.0 Å². The van der Waals surface area contributed by atoms with Crippen LogP contribution in [0.5, 0.6) is 0 Å². The highest BCUT2D eigenvalue weighted by Crippen LogP contribution is 2.10. The molecule has 4 nitrogen and oxygen atoms in total. The molecule has 0 saturated heterocycles. The molecular formula is C16H26N2O2S. The van der Waals surface area contributed by atoms with Gasteiger partial charge in [0.15, 0.2) is 0 Å². The second-order valence-electron chi connectivity index (χ2n) is 5.85. The summed E-state index contributed by atoms with van der Waals surface area (Å²) >= 11 is 4.51. The van der Waals surface area contributed by atoms with Gasteiger partial charge in [0.25, 0.3) is 0 Å². The van der Waals surface area contributed by atoms with E-state index in [2.05, 4.69) is 17.9 Å². The Morgan fingerprint density at radius 1 is 1.33 bits per heavy atom. The maximum atomic E-state index is 11.2. The fourth-order valence-electron chi connectivity index (χ4n) is 2.18. The molecule has 0 bridgehead atoms. The Labute approximate surface area is 132 Å². The van der Waals surface area contributed by atoms with E-state index in [0.717, 1.165) is 6.42 Å². The third-order valence-corrected chi connectivity index (χ3v) is 3.95. The highest BCUT2D eigenvalue weighted by atomic mass is 32.1. The number of nitrogens with two attached hydrogens (primary N) is 1. The molecule has 5 heteroatoms. The van der Waals surface area contributed by atoms with Gasteiger partial charge in [-0.1, -0.05) is 44.2 Å². The Morgan fingerprint density at radius 2 is 1.95 bits per heavy atom. The summed E-state index contributed by atoms with van der Waals surface area (Å²) in [6.45, 7) is 4.51. The van der Waals surface area contributed by atoms with E-state index in [0.29, 0.717) is 18.9 Å². The number of carbonyl (C=O) groups is 1. The second-order valence-corrected chi connectivity index (χ2v) is 6.51. The predicted octanol–water partition coefficient (Wildman–Crippen LogP) is 1.94. The summed E-state index contributed by atoms with van der Waals surface area (Å²) in [5, 5.41) is 12.2. The number of hydrogen-bond acceptors (Lipinski definition) is 4. The van der Waals surface area contributed by atoms with Gasteiger partial charge in [0.2, 0.25) is 0 Å². The monoisotopic (exact) mass is 310 g/mol. The van der Waals surface area contributed by atoms with E-state index >= 15 is 0 Å². The second kappa shape index (κ2) is 9.07. The summed E-state index contributed by atoms with van der Waals surface area (Å²) in [4.78, 5) is 11.2. The van der Waals surface area contributed by atoms with E-state index in [1.54, 1.807) is 0 Å². The number of rotatable bonds is 9. The molecule has 0 fully saturated rings. The van der Waals surface area contributed by atoms with Crippen molar-refractivity contribution in [2.24, 2.45) is 11.7 Å². The van der Waals surface area contributed by atoms with Crippen LogP contribution in [0.25, 0.3) is 0 Å². The maximum Gasteiger partial charge on any atom is 0.320 e. The van der Waals surface area contributed by atoms with Gasteiger partial charge < -0.3 is 16.2 Å². The first-order valence-electron chi connectivity index (χ1n) is 7.34. The van der Waals surface area contributed by atoms with Gasteiger partial charge in [-0.25, -0.2) is 0 Å². The van der Waals surface area contributed by atoms with E-state index in [4.69, 9.17) is 5.73 Å². The van der Waals surface area contributed by atoms with Crippen molar-refractivity contribution in [2.75, 3.05) is 6.54 Å². The van der Waals surface area contributed by atoms with Crippen LogP contribution >= 0.6 is 12.6 Å². The van der Waals surface area contributed by atoms with E-state index in [9.17, 15) is 9.90 Å². The number of thiol groups is 1. The first-order valence-corrected chi connectivity index (χ1v) is 7.85. The molecule has 118 valence electrons. The molecular weight excluding hydrogens is 284 g/mol. The zero-order valence-electron chi connectivity index (χ0n) is 12.7. The fourth-order valence-corrected chi connectivity index (χ4v) is 2.39. The smallest absolute Gasteiger partial charge is 0.320 e. The lowest BCUT2D eigenvalue weighted by Gasteiger charge is -2.23. The molecule has 3 atom stereocenters. The van der Waals surface area contributed by atoms with Crippen molar-refractivity contribution >= 4 is 18.6 Å². The molecule has 0 aliphatic heterocycles. The fraction of sp³-hybridized carbons (Fsp3) is 0.562. The van der Waals surface area contributed by atoms with Crippen LogP contribution in [-0.4, -0.2) is 35.0 Å². The van der Waals surface area contributed by atoms with Crippen LogP contribution in [-0.2, 0) is 11.2 Å². The third kappa shape index (κ3) is 6.98. The molecule has 0 aliphatic carbocycles. The summed E-state index contributed by atoms with van der Waals surface area (Å²) in [5.74, 6) is -0.490. The molecule has 0 heterocycles. The van der Waals surface area contributed by atoms with Crippen LogP contribution in [0.3, 0.4) is 0 Å². The molecule has 4 N–H and O–H groups in total. The average molecular weight is 310 g/mol. The number of aliphatic carboxylic acids is 1. The highest BCUT2D eigenvalue weighted by Gasteiger charge is 2.21. The van der Waals surface area contributed by atoms with Crippen molar-refractivity contribution in [3.63, 3.8) is 0 Å². The van der Waals surface area contributed by atoms with Gasteiger partial charge in [-0.15, -0.1) is 0 Å². The Balaban J connectivity index is 2.44. The van der Waals surface area contributed by atoms with Crippen molar-refractivity contribution < 1.29 is 9.90 Å². The van der Waals surface area contributed by atoms with Crippen molar-refractivity contribution in [3.8, 4) is 0 Å². The summed E-state index contributed by atoms with van der Waals surface area (Å²) < 4.78 is 0. The number of hydrogen-bond donors (Lipinski definition) is 4. The number of carboxylic acid groups (broad SMARTS) is 1. The summed E-state index contributed by atoms with van der Waals surface area (Å²) in [6.07, 6.45) is 1.34. The van der Waals surface area contributed by atoms with Crippen LogP contribution in [0.4, 0.5) is 0 Å². The molecule has 1 aromatic rings. The summed E-state index contributed by atoms with van der Waals surface area (Å²) in [5.41, 5.74) is 7.32. The molecule has 1 unspecified atom stereocenters. The molecule has 0 radical (unpaired) electrons. The molecule has 0 amide bonds. The first-order chi connectivity index (χ1) is 9.90. The minimum Gasteiger partial charge on any atom is -0.480 e. The maximum absolute atomic E-state index is 11.2. The van der Waals surface area contributed by atoms with Gasteiger partial charge in [0, 0.05) is 17.8 Å². The lowest BCUT2D eigenvalue weighted by Crippen LogP contribution is -2.46. The molecule has 0 aliphatic rings. The largest absolute Gasteiger partial charge is 0.480 e. The van der Waals surface area contributed by atoms with E-state index in [-0.39, 0.29) is 11.3 Å². The molecule has 1 aromatic carbocycles. The molecule has 0 saturated carbocycles. The summed E-state index contributed by atoms with van der Waals surface area (Å²) in [6, 6.07) is 9.35. The Kier molecular flexibility index (Phi) is 7.78. The quantitative estimate of drug-likeness (QED) is 0.526. The van der Waals surface area contributed by atoms with Gasteiger partial charge >= 0.3 is 5.97 Å². The Hall–Kier alpha value is -1.04. The zero-order valence-corrected chi connectivity index (χ0v) is 13.6. The zero-order chi connectivity index (χ0) is 15.8. The lowest BCUT2D eigenvalue weighted by atomic mass is 10.0. The van der Waals surface area contributed by atoms with E-state index in [1.165, 1.54) is 5.56 Å². The van der Waals surface area contributed by atoms with Crippen molar-refractivity contribution in [3.05, 3.63) is 35.9 Å². The lowest BCUT2D eigenvalue weighted by molar-refractivity contribution is -0.139. The summed E-state index contributed by atoms with van der Waals surface area (Å²) in [7, 11) is 0. The van der Waals surface area contributed by atoms with Crippen LogP contribution < -0.4 is 11.1 Å². The number of nitrogens with one attached hydrogen (secondary N) is 1. The van der Waals surface area contributed by atoms with Crippen LogP contribution in [0.1, 0.15) is 25.8 Å². The molecule has 1 rings (SSSR count). The highest BCUT2D eigenvalue weighted by molar-refractivity contribution is 7.81. The molecule has 0 aromatic heterocycles. The van der Waals surface area contributed by atoms with Gasteiger partial charge in [0.05, 0.1) is 0 Å². The average Bonchev–Trinajstić information content (AvgIpc) is 2.43. The standard InChI is InChI=1S/C16H26N2O2S/c1-11(2)8-14(16(19)20)18-10-15(21)13(17)9-12-6-4-3-5-7-12/h3-7,11,13-15,18,21H,8-10,17H2,1-2H3,(H,19,20)/t13-,14-,15?/m0/s1. The van der Waals surface area contributed by atoms with E-state index in [1.807, 2.05) is 44.2 Å². The Bertz CT molecular complexity index is 426. The topological polar surface area (TPSA) is 75.3 Å². The van der Waals surface area contributed by atoms with Gasteiger partial charge in [-0.2, -0.15) is 12.6 Å². The van der Waals surface area contributed by atoms with E-state index < -0.39 is 12.0 Å². The van der Waals surface area contributed by atoms with Crippen molar-refractivity contribution in [1.82, 2.24) is 5.32 Å². The van der Waals surface area contributed by atoms with Crippen LogP contribution in [0, 0.1) is 5.92 Å². The third-order valence-electron chi connectivity index (χ3n) is 3.39. The first kappa shape index (κ1) is 18.0. The van der Waals surface area contributed by atoms with Crippen LogP contribution in [0.2, 0.25) is 0 Å².